The van der Waals surface area contributed by atoms with E-state index in [1.165, 1.54) is 55.6 Å². The second kappa shape index (κ2) is 7.26. The third kappa shape index (κ3) is 3.66. The first-order valence-corrected chi connectivity index (χ1v) is 7.58. The van der Waals surface area contributed by atoms with Crippen LogP contribution >= 0.6 is 0 Å². The molecule has 2 aromatic carbocycles. The van der Waals surface area contributed by atoms with Crippen LogP contribution in [0.4, 0.5) is 8.78 Å². The highest BCUT2D eigenvalue weighted by molar-refractivity contribution is 5.98. The van der Waals surface area contributed by atoms with Crippen LogP contribution in [0.15, 0.2) is 48.5 Å². The molecular formula is C19H13F2NO4. The number of aromatic nitrogens is 1. The highest BCUT2D eigenvalue weighted by Gasteiger charge is 2.15. The van der Waals surface area contributed by atoms with Gasteiger partial charge in [-0.05, 0) is 42.5 Å². The number of Topliss-reactive ketones (excluding diaryl/α,β-unsaturated/α-hetero) is 1. The SMILES string of the molecule is COC(=O)c1cc(OCC(=O)c2ccc(F)cc2)c2cc(F)ccc2n1. The zero-order valence-corrected chi connectivity index (χ0v) is 13.7. The van der Waals surface area contributed by atoms with Gasteiger partial charge in [0.2, 0.25) is 0 Å². The van der Waals surface area contributed by atoms with Gasteiger partial charge in [-0.1, -0.05) is 0 Å². The largest absolute Gasteiger partial charge is 0.485 e. The second-order valence-corrected chi connectivity index (χ2v) is 5.38. The van der Waals surface area contributed by atoms with E-state index in [4.69, 9.17) is 4.74 Å². The fraction of sp³-hybridized carbons (Fsp3) is 0.105. The van der Waals surface area contributed by atoms with Gasteiger partial charge < -0.3 is 9.47 Å². The van der Waals surface area contributed by atoms with Gasteiger partial charge in [0.25, 0.3) is 0 Å². The van der Waals surface area contributed by atoms with E-state index in [9.17, 15) is 18.4 Å². The van der Waals surface area contributed by atoms with E-state index in [-0.39, 0.29) is 23.6 Å². The van der Waals surface area contributed by atoms with Gasteiger partial charge in [0.1, 0.15) is 17.4 Å². The van der Waals surface area contributed by atoms with Gasteiger partial charge >= 0.3 is 5.97 Å². The van der Waals surface area contributed by atoms with Crippen LogP contribution in [0.3, 0.4) is 0 Å². The summed E-state index contributed by atoms with van der Waals surface area (Å²) in [4.78, 5) is 28.0. The summed E-state index contributed by atoms with van der Waals surface area (Å²) >= 11 is 0. The Morgan fingerprint density at radius 2 is 1.69 bits per heavy atom. The lowest BCUT2D eigenvalue weighted by atomic mass is 10.1. The van der Waals surface area contributed by atoms with Crippen molar-refractivity contribution < 1.29 is 27.8 Å². The smallest absolute Gasteiger partial charge is 0.356 e. The van der Waals surface area contributed by atoms with Crippen LogP contribution in [0.5, 0.6) is 5.75 Å². The minimum absolute atomic E-state index is 0.0316. The van der Waals surface area contributed by atoms with Crippen molar-refractivity contribution >= 4 is 22.7 Å². The molecule has 0 aliphatic rings. The first-order valence-electron chi connectivity index (χ1n) is 7.58. The number of esters is 1. The van der Waals surface area contributed by atoms with Crippen molar-refractivity contribution in [2.45, 2.75) is 0 Å². The quantitative estimate of drug-likeness (QED) is 0.516. The zero-order chi connectivity index (χ0) is 18.7. The third-order valence-corrected chi connectivity index (χ3v) is 3.65. The maximum atomic E-state index is 13.6. The van der Waals surface area contributed by atoms with E-state index < -0.39 is 23.4 Å². The number of ketones is 1. The molecule has 5 nitrogen and oxygen atoms in total. The molecule has 0 bridgehead atoms. The van der Waals surface area contributed by atoms with Crippen molar-refractivity contribution in [2.24, 2.45) is 0 Å². The average Bonchev–Trinajstić information content (AvgIpc) is 2.65. The number of hydrogen-bond acceptors (Lipinski definition) is 5. The van der Waals surface area contributed by atoms with E-state index >= 15 is 0 Å². The highest BCUT2D eigenvalue weighted by Crippen LogP contribution is 2.27. The average molecular weight is 357 g/mol. The predicted molar refractivity (Wildman–Crippen MR) is 89.3 cm³/mol. The Hall–Kier alpha value is -3.35. The number of rotatable bonds is 5. The molecule has 0 fully saturated rings. The fourth-order valence-electron chi connectivity index (χ4n) is 2.36. The highest BCUT2D eigenvalue weighted by atomic mass is 19.1. The number of ether oxygens (including phenoxy) is 2. The van der Waals surface area contributed by atoms with Crippen LogP contribution in [0.1, 0.15) is 20.8 Å². The lowest BCUT2D eigenvalue weighted by Crippen LogP contribution is -2.13. The Balaban J connectivity index is 1.92. The van der Waals surface area contributed by atoms with Crippen molar-refractivity contribution in [3.05, 3.63) is 71.4 Å². The van der Waals surface area contributed by atoms with Gasteiger partial charge in [0.05, 0.1) is 12.6 Å². The summed E-state index contributed by atoms with van der Waals surface area (Å²) < 4.78 is 36.6. The summed E-state index contributed by atoms with van der Waals surface area (Å²) in [6.07, 6.45) is 0. The zero-order valence-electron chi connectivity index (χ0n) is 13.7. The van der Waals surface area contributed by atoms with Crippen LogP contribution in [0.25, 0.3) is 10.9 Å². The number of methoxy groups -OCH3 is 1. The van der Waals surface area contributed by atoms with E-state index in [0.29, 0.717) is 10.9 Å². The summed E-state index contributed by atoms with van der Waals surface area (Å²) in [6.45, 7) is -0.373. The second-order valence-electron chi connectivity index (χ2n) is 5.38. The molecule has 0 atom stereocenters. The van der Waals surface area contributed by atoms with Crippen molar-refractivity contribution in [3.8, 4) is 5.75 Å². The molecule has 0 unspecified atom stereocenters. The van der Waals surface area contributed by atoms with E-state index in [1.807, 2.05) is 0 Å². The van der Waals surface area contributed by atoms with Crippen LogP contribution < -0.4 is 4.74 Å². The lowest BCUT2D eigenvalue weighted by Gasteiger charge is -2.10. The standard InChI is InChI=1S/C19H13F2NO4/c1-25-19(24)16-9-18(14-8-13(21)6-7-15(14)22-16)26-10-17(23)11-2-4-12(20)5-3-11/h2-9H,10H2,1H3. The van der Waals surface area contributed by atoms with Crippen molar-refractivity contribution in [1.82, 2.24) is 4.98 Å². The van der Waals surface area contributed by atoms with Gasteiger partial charge in [-0.25, -0.2) is 18.6 Å². The minimum Gasteiger partial charge on any atom is -0.485 e. The van der Waals surface area contributed by atoms with Crippen molar-refractivity contribution in [2.75, 3.05) is 13.7 Å². The lowest BCUT2D eigenvalue weighted by molar-refractivity contribution is 0.0594. The molecule has 132 valence electrons. The molecule has 1 heterocycles. The normalized spacial score (nSPS) is 10.6. The number of carbonyl (C=O) groups is 2. The van der Waals surface area contributed by atoms with Gasteiger partial charge in [-0.15, -0.1) is 0 Å². The Morgan fingerprint density at radius 3 is 2.38 bits per heavy atom. The summed E-state index contributed by atoms with van der Waals surface area (Å²) in [5, 5.41) is 0.310. The predicted octanol–water partition coefficient (Wildman–Crippen LogP) is 3.56. The van der Waals surface area contributed by atoms with Crippen LogP contribution in [0.2, 0.25) is 0 Å². The molecule has 3 rings (SSSR count). The molecule has 0 radical (unpaired) electrons. The first kappa shape index (κ1) is 17.5. The van der Waals surface area contributed by atoms with E-state index in [0.717, 1.165) is 0 Å². The van der Waals surface area contributed by atoms with Gasteiger partial charge in [0.15, 0.2) is 18.1 Å². The number of benzene rings is 2. The topological polar surface area (TPSA) is 65.5 Å². The number of halogens is 2. The van der Waals surface area contributed by atoms with E-state index in [2.05, 4.69) is 9.72 Å². The molecule has 1 aromatic heterocycles. The number of hydrogen-bond donors (Lipinski definition) is 0. The molecule has 0 N–H and O–H groups in total. The molecular weight excluding hydrogens is 344 g/mol. The summed E-state index contributed by atoms with van der Waals surface area (Å²) in [5.74, 6) is -1.94. The first-order chi connectivity index (χ1) is 12.5. The molecule has 0 amide bonds. The fourth-order valence-corrected chi connectivity index (χ4v) is 2.36. The summed E-state index contributed by atoms with van der Waals surface area (Å²) in [5.41, 5.74) is 0.554. The number of fused-ring (bicyclic) bond motifs is 1. The van der Waals surface area contributed by atoms with Crippen molar-refractivity contribution in [3.63, 3.8) is 0 Å². The molecule has 26 heavy (non-hydrogen) atoms. The monoisotopic (exact) mass is 357 g/mol. The van der Waals surface area contributed by atoms with Gasteiger partial charge in [-0.2, -0.15) is 0 Å². The molecule has 0 saturated heterocycles. The molecule has 7 heteroatoms. The Labute approximate surface area is 147 Å². The molecule has 0 spiro atoms. The number of nitrogens with zero attached hydrogens (tertiary/aromatic N) is 1. The number of pyridine rings is 1. The third-order valence-electron chi connectivity index (χ3n) is 3.65. The summed E-state index contributed by atoms with van der Waals surface area (Å²) in [7, 11) is 1.21. The van der Waals surface area contributed by atoms with Crippen LogP contribution in [0, 0.1) is 11.6 Å². The van der Waals surface area contributed by atoms with Crippen LogP contribution in [-0.2, 0) is 4.74 Å². The number of carbonyl (C=O) groups excluding carboxylic acids is 2. The van der Waals surface area contributed by atoms with Crippen molar-refractivity contribution in [1.29, 1.82) is 0 Å². The molecule has 0 saturated carbocycles. The maximum Gasteiger partial charge on any atom is 0.356 e. The molecule has 0 aliphatic carbocycles. The Morgan fingerprint density at radius 1 is 1.00 bits per heavy atom. The Bertz CT molecular complexity index is 987. The Kier molecular flexibility index (Phi) is 4.88. The maximum absolute atomic E-state index is 13.6. The summed E-state index contributed by atoms with van der Waals surface area (Å²) in [6, 6.07) is 10.1. The molecule has 0 aliphatic heterocycles. The minimum atomic E-state index is -0.689. The van der Waals surface area contributed by atoms with Gasteiger partial charge in [0, 0.05) is 17.0 Å². The van der Waals surface area contributed by atoms with E-state index in [1.54, 1.807) is 0 Å². The van der Waals surface area contributed by atoms with Crippen LogP contribution in [-0.4, -0.2) is 30.5 Å². The molecule has 3 aromatic rings. The van der Waals surface area contributed by atoms with Gasteiger partial charge in [-0.3, -0.25) is 4.79 Å².